The molecule has 2 aliphatic rings. The van der Waals surface area contributed by atoms with Crippen LogP contribution in [-0.4, -0.2) is 46.7 Å². The van der Waals surface area contributed by atoms with Gasteiger partial charge in [-0.25, -0.2) is 0 Å². The van der Waals surface area contributed by atoms with Crippen LogP contribution >= 0.6 is 0 Å². The van der Waals surface area contributed by atoms with Crippen LogP contribution < -0.4 is 16.4 Å². The minimum absolute atomic E-state index is 0.0179. The second-order valence-electron chi connectivity index (χ2n) is 6.86. The molecule has 8 heteroatoms. The van der Waals surface area contributed by atoms with Crippen molar-refractivity contribution in [1.29, 1.82) is 0 Å². The highest BCUT2D eigenvalue weighted by Crippen LogP contribution is 2.28. The normalized spacial score (nSPS) is 22.3. The number of carbonyl (C=O) groups excluding carboxylic acids is 4. The number of benzene rings is 1. The molecule has 1 aromatic carbocycles. The van der Waals surface area contributed by atoms with Crippen molar-refractivity contribution >= 4 is 23.6 Å². The summed E-state index contributed by atoms with van der Waals surface area (Å²) in [6.45, 7) is 4.38. The standard InChI is InChI=1S/C18H22N4O4/c1-9(19)10(2)20-8-11-3-4-12-13(7-11)18(26)22(17(12)25)14-5-6-15(23)21-16(14)24/h3-4,7,9-10,14,20H,5-6,8,19H2,1-2H3,(H,21,23,24). The van der Waals surface area contributed by atoms with Gasteiger partial charge in [0.1, 0.15) is 6.04 Å². The molecular weight excluding hydrogens is 336 g/mol. The van der Waals surface area contributed by atoms with Gasteiger partial charge in [-0.05, 0) is 38.0 Å². The maximum absolute atomic E-state index is 12.7. The predicted octanol–water partition coefficient (Wildman–Crippen LogP) is -0.0869. The minimum atomic E-state index is -0.945. The van der Waals surface area contributed by atoms with Crippen LogP contribution in [0, 0.1) is 0 Å². The summed E-state index contributed by atoms with van der Waals surface area (Å²) in [6, 6.07) is 4.19. The van der Waals surface area contributed by atoms with Gasteiger partial charge in [0.25, 0.3) is 11.8 Å². The van der Waals surface area contributed by atoms with Crippen LogP contribution in [0.4, 0.5) is 0 Å². The minimum Gasteiger partial charge on any atom is -0.327 e. The number of nitrogens with two attached hydrogens (primary N) is 1. The SMILES string of the molecule is CC(N)C(C)NCc1ccc2c(c1)C(=O)N(C1CCC(=O)NC1=O)C2=O. The van der Waals surface area contributed by atoms with Crippen molar-refractivity contribution in [3.8, 4) is 0 Å². The third-order valence-corrected chi connectivity index (χ3v) is 4.92. The molecule has 3 atom stereocenters. The van der Waals surface area contributed by atoms with E-state index in [4.69, 9.17) is 5.73 Å². The first-order valence-electron chi connectivity index (χ1n) is 8.63. The average Bonchev–Trinajstić information content (AvgIpc) is 2.84. The molecule has 0 aliphatic carbocycles. The van der Waals surface area contributed by atoms with Gasteiger partial charge < -0.3 is 11.1 Å². The van der Waals surface area contributed by atoms with Gasteiger partial charge >= 0.3 is 0 Å². The Bertz CT molecular complexity index is 789. The van der Waals surface area contributed by atoms with E-state index in [0.717, 1.165) is 10.5 Å². The number of rotatable bonds is 5. The molecule has 3 unspecified atom stereocenters. The number of nitrogens with one attached hydrogen (secondary N) is 2. The van der Waals surface area contributed by atoms with Gasteiger partial charge in [-0.2, -0.15) is 0 Å². The molecule has 0 bridgehead atoms. The maximum atomic E-state index is 12.7. The van der Waals surface area contributed by atoms with Crippen LogP contribution in [0.5, 0.6) is 0 Å². The highest BCUT2D eigenvalue weighted by Gasteiger charge is 2.44. The van der Waals surface area contributed by atoms with Crippen molar-refractivity contribution in [3.63, 3.8) is 0 Å². The quantitative estimate of drug-likeness (QED) is 0.633. The van der Waals surface area contributed by atoms with Gasteiger partial charge in [0.15, 0.2) is 0 Å². The van der Waals surface area contributed by atoms with Crippen molar-refractivity contribution in [3.05, 3.63) is 34.9 Å². The molecule has 3 rings (SSSR count). The van der Waals surface area contributed by atoms with E-state index in [9.17, 15) is 19.2 Å². The number of fused-ring (bicyclic) bond motifs is 1. The Balaban J connectivity index is 1.79. The summed E-state index contributed by atoms with van der Waals surface area (Å²) in [7, 11) is 0. The highest BCUT2D eigenvalue weighted by atomic mass is 16.2. The molecule has 0 radical (unpaired) electrons. The summed E-state index contributed by atoms with van der Waals surface area (Å²) < 4.78 is 0. The molecule has 0 spiro atoms. The topological polar surface area (TPSA) is 122 Å². The van der Waals surface area contributed by atoms with Crippen molar-refractivity contribution < 1.29 is 19.2 Å². The zero-order chi connectivity index (χ0) is 19.0. The Labute approximate surface area is 151 Å². The Kier molecular flexibility index (Phi) is 4.88. The fourth-order valence-electron chi connectivity index (χ4n) is 3.09. The van der Waals surface area contributed by atoms with Gasteiger partial charge in [0, 0.05) is 25.0 Å². The number of hydrogen-bond acceptors (Lipinski definition) is 6. The average molecular weight is 358 g/mol. The van der Waals surface area contributed by atoms with Crippen LogP contribution in [-0.2, 0) is 16.1 Å². The summed E-state index contributed by atoms with van der Waals surface area (Å²) in [6.07, 6.45) is 0.255. The smallest absolute Gasteiger partial charge is 0.262 e. The molecule has 138 valence electrons. The maximum Gasteiger partial charge on any atom is 0.262 e. The first kappa shape index (κ1) is 18.2. The monoisotopic (exact) mass is 358 g/mol. The molecule has 1 saturated heterocycles. The molecule has 1 fully saturated rings. The zero-order valence-corrected chi connectivity index (χ0v) is 14.7. The van der Waals surface area contributed by atoms with E-state index >= 15 is 0 Å². The third kappa shape index (κ3) is 3.25. The van der Waals surface area contributed by atoms with E-state index in [1.165, 1.54) is 0 Å². The van der Waals surface area contributed by atoms with Gasteiger partial charge in [0.2, 0.25) is 11.8 Å². The van der Waals surface area contributed by atoms with E-state index in [2.05, 4.69) is 10.6 Å². The van der Waals surface area contributed by atoms with Gasteiger partial charge in [0.05, 0.1) is 11.1 Å². The molecule has 2 aliphatic heterocycles. The predicted molar refractivity (Wildman–Crippen MR) is 93.1 cm³/mol. The fourth-order valence-corrected chi connectivity index (χ4v) is 3.09. The van der Waals surface area contributed by atoms with Gasteiger partial charge in [-0.3, -0.25) is 29.4 Å². The summed E-state index contributed by atoms with van der Waals surface area (Å²) >= 11 is 0. The number of amides is 4. The molecule has 1 aromatic rings. The third-order valence-electron chi connectivity index (χ3n) is 4.92. The lowest BCUT2D eigenvalue weighted by atomic mass is 10.0. The van der Waals surface area contributed by atoms with Crippen LogP contribution in [0.1, 0.15) is 53.0 Å². The molecule has 0 aromatic heterocycles. The molecule has 26 heavy (non-hydrogen) atoms. The first-order valence-corrected chi connectivity index (χ1v) is 8.63. The summed E-state index contributed by atoms with van der Waals surface area (Å²) in [5, 5.41) is 5.45. The highest BCUT2D eigenvalue weighted by molar-refractivity contribution is 6.23. The largest absolute Gasteiger partial charge is 0.327 e. The van der Waals surface area contributed by atoms with E-state index in [1.54, 1.807) is 18.2 Å². The van der Waals surface area contributed by atoms with Crippen molar-refractivity contribution in [2.24, 2.45) is 5.73 Å². The van der Waals surface area contributed by atoms with Crippen molar-refractivity contribution in [2.45, 2.75) is 51.4 Å². The van der Waals surface area contributed by atoms with E-state index in [-0.39, 0.29) is 42.0 Å². The summed E-state index contributed by atoms with van der Waals surface area (Å²) in [4.78, 5) is 49.6. The fraction of sp³-hybridized carbons (Fsp3) is 0.444. The second kappa shape index (κ2) is 6.97. The van der Waals surface area contributed by atoms with Gasteiger partial charge in [-0.15, -0.1) is 0 Å². The van der Waals surface area contributed by atoms with Crippen molar-refractivity contribution in [1.82, 2.24) is 15.5 Å². The molecule has 0 saturated carbocycles. The Hall–Kier alpha value is -2.58. The second-order valence-corrected chi connectivity index (χ2v) is 6.86. The van der Waals surface area contributed by atoms with Crippen LogP contribution in [0.25, 0.3) is 0 Å². The van der Waals surface area contributed by atoms with E-state index < -0.39 is 23.8 Å². The molecule has 4 amide bonds. The Morgan fingerprint density at radius 3 is 2.54 bits per heavy atom. The van der Waals surface area contributed by atoms with E-state index in [0.29, 0.717) is 6.54 Å². The lowest BCUT2D eigenvalue weighted by Gasteiger charge is -2.27. The molecule has 2 heterocycles. The lowest BCUT2D eigenvalue weighted by Crippen LogP contribution is -2.54. The molecular formula is C18H22N4O4. The number of hydrogen-bond donors (Lipinski definition) is 3. The van der Waals surface area contributed by atoms with Gasteiger partial charge in [-0.1, -0.05) is 6.07 Å². The number of carbonyl (C=O) groups is 4. The summed E-state index contributed by atoms with van der Waals surface area (Å²) in [5.74, 6) is -1.99. The van der Waals surface area contributed by atoms with Crippen molar-refractivity contribution in [2.75, 3.05) is 0 Å². The Morgan fingerprint density at radius 2 is 1.88 bits per heavy atom. The molecule has 8 nitrogen and oxygen atoms in total. The first-order chi connectivity index (χ1) is 12.3. The number of piperidine rings is 1. The molecule has 4 N–H and O–H groups in total. The summed E-state index contributed by atoms with van der Waals surface area (Å²) in [5.41, 5.74) is 7.24. The van der Waals surface area contributed by atoms with Crippen LogP contribution in [0.2, 0.25) is 0 Å². The number of imide groups is 2. The number of nitrogens with zero attached hydrogens (tertiary/aromatic N) is 1. The van der Waals surface area contributed by atoms with Crippen LogP contribution in [0.15, 0.2) is 18.2 Å². The lowest BCUT2D eigenvalue weighted by molar-refractivity contribution is -0.136. The zero-order valence-electron chi connectivity index (χ0n) is 14.7. The van der Waals surface area contributed by atoms with Crippen LogP contribution in [0.3, 0.4) is 0 Å². The Morgan fingerprint density at radius 1 is 1.19 bits per heavy atom. The van der Waals surface area contributed by atoms with E-state index in [1.807, 2.05) is 13.8 Å².